The second kappa shape index (κ2) is 5.85. The highest BCUT2D eigenvalue weighted by atomic mass is 19.4. The van der Waals surface area contributed by atoms with Crippen molar-refractivity contribution in [2.75, 3.05) is 18.0 Å². The third-order valence-electron chi connectivity index (χ3n) is 5.01. The van der Waals surface area contributed by atoms with Crippen molar-refractivity contribution in [2.45, 2.75) is 37.9 Å². The number of piperidine rings is 1. The third kappa shape index (κ3) is 2.79. The highest BCUT2D eigenvalue weighted by Crippen LogP contribution is 2.46. The Balaban J connectivity index is 1.98. The van der Waals surface area contributed by atoms with Crippen molar-refractivity contribution >= 4 is 22.4 Å². The zero-order valence-corrected chi connectivity index (χ0v) is 14.0. The lowest BCUT2D eigenvalue weighted by molar-refractivity contribution is -0.384. The smallest absolute Gasteiger partial charge is 0.364 e. The van der Waals surface area contributed by atoms with Crippen molar-refractivity contribution in [1.29, 1.82) is 0 Å². The molecule has 1 radical (unpaired) electrons. The fourth-order valence-corrected chi connectivity index (χ4v) is 3.77. The number of aromatic nitrogens is 2. The first-order valence-corrected chi connectivity index (χ1v) is 8.62. The molecule has 4 rings (SSSR count). The second-order valence-electron chi connectivity index (χ2n) is 7.05. The number of imidazole rings is 1. The van der Waals surface area contributed by atoms with Crippen molar-refractivity contribution in [3.05, 3.63) is 35.0 Å². The predicted octanol–water partition coefficient (Wildman–Crippen LogP) is 4.35. The van der Waals surface area contributed by atoms with Gasteiger partial charge in [0.05, 0.1) is 10.4 Å². The molecule has 1 saturated heterocycles. The minimum Gasteiger partial charge on any atom is -0.364 e. The van der Waals surface area contributed by atoms with E-state index in [1.54, 1.807) is 4.90 Å². The molecule has 1 aliphatic heterocycles. The van der Waals surface area contributed by atoms with Gasteiger partial charge in [0, 0.05) is 25.2 Å². The number of nitro groups is 1. The molecule has 1 saturated carbocycles. The molecular formula is C17H18F3N4O2. The zero-order valence-electron chi connectivity index (χ0n) is 14.0. The molecular weight excluding hydrogens is 349 g/mol. The van der Waals surface area contributed by atoms with E-state index in [0.29, 0.717) is 31.4 Å². The van der Waals surface area contributed by atoms with Crippen LogP contribution < -0.4 is 4.90 Å². The number of hydrogen-bond acceptors (Lipinski definition) is 4. The summed E-state index contributed by atoms with van der Waals surface area (Å²) in [6, 6.07) is 2.45. The SMILES string of the molecule is [CH2][C@@H]1CCCN(c2c([N+](=O)[O-])ccc3c2nc(C(F)(F)F)n3C2CC2)C1. The summed E-state index contributed by atoms with van der Waals surface area (Å²) in [7, 11) is 0. The van der Waals surface area contributed by atoms with Crippen molar-refractivity contribution in [3.8, 4) is 0 Å². The van der Waals surface area contributed by atoms with E-state index in [9.17, 15) is 23.3 Å². The van der Waals surface area contributed by atoms with Crippen LogP contribution in [0.25, 0.3) is 11.0 Å². The lowest BCUT2D eigenvalue weighted by Gasteiger charge is -2.32. The minimum absolute atomic E-state index is 0.0625. The molecule has 2 fully saturated rings. The molecule has 2 aliphatic rings. The topological polar surface area (TPSA) is 64.2 Å². The summed E-state index contributed by atoms with van der Waals surface area (Å²) in [6.45, 7) is 5.03. The summed E-state index contributed by atoms with van der Waals surface area (Å²) >= 11 is 0. The summed E-state index contributed by atoms with van der Waals surface area (Å²) in [4.78, 5) is 16.6. The first-order valence-electron chi connectivity index (χ1n) is 8.62. The van der Waals surface area contributed by atoms with Crippen LogP contribution in [0.3, 0.4) is 0 Å². The van der Waals surface area contributed by atoms with Crippen LogP contribution >= 0.6 is 0 Å². The van der Waals surface area contributed by atoms with Gasteiger partial charge in [-0.25, -0.2) is 4.98 Å². The van der Waals surface area contributed by atoms with E-state index in [2.05, 4.69) is 11.9 Å². The van der Waals surface area contributed by atoms with Crippen LogP contribution in [0.4, 0.5) is 24.5 Å². The molecule has 0 N–H and O–H groups in total. The van der Waals surface area contributed by atoms with Gasteiger partial charge in [0.25, 0.3) is 5.69 Å². The van der Waals surface area contributed by atoms with Gasteiger partial charge in [-0.15, -0.1) is 0 Å². The Bertz CT molecular complexity index is 873. The third-order valence-corrected chi connectivity index (χ3v) is 5.01. The molecule has 0 unspecified atom stereocenters. The van der Waals surface area contributed by atoms with E-state index in [-0.39, 0.29) is 28.9 Å². The van der Waals surface area contributed by atoms with Crippen LogP contribution in [0.1, 0.15) is 37.5 Å². The summed E-state index contributed by atoms with van der Waals surface area (Å²) in [5.41, 5.74) is 0.352. The monoisotopic (exact) mass is 367 g/mol. The van der Waals surface area contributed by atoms with Gasteiger partial charge < -0.3 is 9.47 Å². The Morgan fingerprint density at radius 3 is 2.58 bits per heavy atom. The number of rotatable bonds is 3. The van der Waals surface area contributed by atoms with E-state index in [0.717, 1.165) is 12.8 Å². The summed E-state index contributed by atoms with van der Waals surface area (Å²) in [6.07, 6.45) is -1.61. The van der Waals surface area contributed by atoms with Crippen LogP contribution in [0.2, 0.25) is 0 Å². The largest absolute Gasteiger partial charge is 0.449 e. The number of anilines is 1. The van der Waals surface area contributed by atoms with Crippen molar-refractivity contribution in [3.63, 3.8) is 0 Å². The Morgan fingerprint density at radius 1 is 1.27 bits per heavy atom. The van der Waals surface area contributed by atoms with Gasteiger partial charge in [-0.2, -0.15) is 13.2 Å². The molecule has 2 heterocycles. The van der Waals surface area contributed by atoms with Gasteiger partial charge in [0.1, 0.15) is 11.2 Å². The molecule has 1 atom stereocenters. The Hall–Kier alpha value is -2.32. The summed E-state index contributed by atoms with van der Waals surface area (Å²) in [5, 5.41) is 11.5. The minimum atomic E-state index is -4.61. The second-order valence-corrected chi connectivity index (χ2v) is 7.05. The molecule has 1 aromatic heterocycles. The first kappa shape index (κ1) is 17.1. The van der Waals surface area contributed by atoms with Crippen molar-refractivity contribution in [2.24, 2.45) is 5.92 Å². The number of halogens is 3. The average molecular weight is 367 g/mol. The quantitative estimate of drug-likeness (QED) is 0.598. The number of nitro benzene ring substituents is 1. The van der Waals surface area contributed by atoms with Crippen LogP contribution in [0.15, 0.2) is 12.1 Å². The highest BCUT2D eigenvalue weighted by Gasteiger charge is 2.43. The van der Waals surface area contributed by atoms with Crippen molar-refractivity contribution < 1.29 is 18.1 Å². The van der Waals surface area contributed by atoms with Crippen LogP contribution in [0.5, 0.6) is 0 Å². The van der Waals surface area contributed by atoms with E-state index >= 15 is 0 Å². The number of hydrogen-bond donors (Lipinski definition) is 0. The lowest BCUT2D eigenvalue weighted by atomic mass is 9.99. The molecule has 26 heavy (non-hydrogen) atoms. The standard InChI is InChI=1S/C17H18F3N4O2/c1-10-3-2-8-22(9-10)15-13(24(25)26)7-6-12-14(15)21-16(17(18,19)20)23(12)11-4-5-11/h6-7,10-11H,1-5,8-9H2/t10-/m1/s1. The molecule has 139 valence electrons. The van der Waals surface area contributed by atoms with Gasteiger partial charge >= 0.3 is 6.18 Å². The van der Waals surface area contributed by atoms with E-state index in [1.165, 1.54) is 16.7 Å². The van der Waals surface area contributed by atoms with E-state index in [1.807, 2.05) is 0 Å². The molecule has 0 spiro atoms. The van der Waals surface area contributed by atoms with Crippen LogP contribution in [0, 0.1) is 23.0 Å². The van der Waals surface area contributed by atoms with E-state index < -0.39 is 16.9 Å². The fraction of sp³-hybridized carbons (Fsp3) is 0.529. The number of alkyl halides is 3. The normalized spacial score (nSPS) is 21.4. The Kier molecular flexibility index (Phi) is 3.85. The van der Waals surface area contributed by atoms with Gasteiger partial charge in [-0.1, -0.05) is 0 Å². The number of fused-ring (bicyclic) bond motifs is 1. The number of nitrogens with zero attached hydrogens (tertiary/aromatic N) is 4. The van der Waals surface area contributed by atoms with Crippen LogP contribution in [-0.4, -0.2) is 27.6 Å². The van der Waals surface area contributed by atoms with Gasteiger partial charge in [0.2, 0.25) is 5.82 Å². The molecule has 2 aromatic rings. The Morgan fingerprint density at radius 2 is 2.00 bits per heavy atom. The molecule has 1 aliphatic carbocycles. The number of benzene rings is 1. The average Bonchev–Trinajstić information content (AvgIpc) is 3.32. The molecule has 0 bridgehead atoms. The maximum absolute atomic E-state index is 13.5. The Labute approximate surface area is 147 Å². The molecule has 9 heteroatoms. The van der Waals surface area contributed by atoms with Crippen LogP contribution in [-0.2, 0) is 6.18 Å². The van der Waals surface area contributed by atoms with Gasteiger partial charge in [-0.3, -0.25) is 10.1 Å². The maximum atomic E-state index is 13.5. The molecule has 6 nitrogen and oxygen atoms in total. The lowest BCUT2D eigenvalue weighted by Crippen LogP contribution is -2.35. The highest BCUT2D eigenvalue weighted by molar-refractivity contribution is 5.95. The van der Waals surface area contributed by atoms with Gasteiger partial charge in [-0.05, 0) is 44.6 Å². The first-order chi connectivity index (χ1) is 12.3. The maximum Gasteiger partial charge on any atom is 0.449 e. The van der Waals surface area contributed by atoms with Crippen molar-refractivity contribution in [1.82, 2.24) is 9.55 Å². The fourth-order valence-electron chi connectivity index (χ4n) is 3.77. The zero-order chi connectivity index (χ0) is 18.6. The predicted molar refractivity (Wildman–Crippen MR) is 90.0 cm³/mol. The van der Waals surface area contributed by atoms with E-state index in [4.69, 9.17) is 0 Å². The summed E-state index contributed by atoms with van der Waals surface area (Å²) < 4.78 is 41.8. The molecule has 0 amide bonds. The summed E-state index contributed by atoms with van der Waals surface area (Å²) in [5.74, 6) is -0.897. The van der Waals surface area contributed by atoms with Gasteiger partial charge in [0.15, 0.2) is 0 Å². The molecule has 1 aromatic carbocycles.